The molecule has 2 rings (SSSR count). The molecule has 0 saturated carbocycles. The molecule has 0 radical (unpaired) electrons. The minimum absolute atomic E-state index is 0.235. The number of furan rings is 1. The van der Waals surface area contributed by atoms with Gasteiger partial charge in [-0.3, -0.25) is 4.99 Å². The van der Waals surface area contributed by atoms with Crippen LogP contribution in [0.3, 0.4) is 0 Å². The van der Waals surface area contributed by atoms with Gasteiger partial charge in [0.05, 0.1) is 26.5 Å². The fraction of sp³-hybridized carbons (Fsp3) is 0.476. The van der Waals surface area contributed by atoms with E-state index in [9.17, 15) is 5.11 Å². The molecule has 3 N–H and O–H groups in total. The summed E-state index contributed by atoms with van der Waals surface area (Å²) in [4.78, 5) is 4.42. The number of hydrogen-bond acceptors (Lipinski definition) is 5. The van der Waals surface area contributed by atoms with Crippen LogP contribution in [0, 0.1) is 0 Å². The lowest BCUT2D eigenvalue weighted by Crippen LogP contribution is -2.38. The molecule has 0 fully saturated rings. The first-order chi connectivity index (χ1) is 13.7. The zero-order chi connectivity index (χ0) is 20.2. The van der Waals surface area contributed by atoms with E-state index in [1.54, 1.807) is 25.5 Å². The topological polar surface area (TPSA) is 88.3 Å². The quantitative estimate of drug-likeness (QED) is 0.311. The molecule has 0 bridgehead atoms. The van der Waals surface area contributed by atoms with E-state index in [4.69, 9.17) is 13.9 Å². The summed E-state index contributed by atoms with van der Waals surface area (Å²) >= 11 is 0. The number of aliphatic hydroxyl groups is 1. The second-order valence-electron chi connectivity index (χ2n) is 6.20. The van der Waals surface area contributed by atoms with Gasteiger partial charge in [0.2, 0.25) is 0 Å². The lowest BCUT2D eigenvalue weighted by molar-refractivity contribution is 0.158. The fourth-order valence-corrected chi connectivity index (χ4v) is 2.73. The van der Waals surface area contributed by atoms with Crippen molar-refractivity contribution in [3.63, 3.8) is 0 Å². The van der Waals surface area contributed by atoms with Crippen molar-refractivity contribution in [2.45, 2.75) is 32.8 Å². The number of benzene rings is 1. The minimum Gasteiger partial charge on any atom is -0.493 e. The number of methoxy groups -OCH3 is 1. The zero-order valence-corrected chi connectivity index (χ0v) is 16.9. The first-order valence-corrected chi connectivity index (χ1v) is 9.71. The molecule has 0 amide bonds. The summed E-state index contributed by atoms with van der Waals surface area (Å²) in [7, 11) is 1.64. The van der Waals surface area contributed by atoms with Crippen LogP contribution in [0.25, 0.3) is 0 Å². The van der Waals surface area contributed by atoms with Crippen LogP contribution in [0.2, 0.25) is 0 Å². The van der Waals surface area contributed by atoms with Gasteiger partial charge in [-0.2, -0.15) is 0 Å². The first-order valence-electron chi connectivity index (χ1n) is 9.71. The monoisotopic (exact) mass is 389 g/mol. The van der Waals surface area contributed by atoms with Crippen LogP contribution in [0.5, 0.6) is 11.5 Å². The molecule has 0 aliphatic carbocycles. The molecule has 7 nitrogen and oxygen atoms in total. The molecule has 1 unspecified atom stereocenters. The highest BCUT2D eigenvalue weighted by Gasteiger charge is 2.10. The van der Waals surface area contributed by atoms with Gasteiger partial charge in [0.1, 0.15) is 11.9 Å². The standard InChI is InChI=1S/C21H31N3O4/c1-4-22-21(24-15-17(25)18-9-7-13-28-18)23-12-6-8-16-10-11-19(26-3)20(14-16)27-5-2/h7,9-11,13-14,17,25H,4-6,8,12,15H2,1-3H3,(H2,22,23,24). The number of nitrogens with zero attached hydrogens (tertiary/aromatic N) is 1. The molecule has 0 aliphatic heterocycles. The van der Waals surface area contributed by atoms with Gasteiger partial charge >= 0.3 is 0 Å². The highest BCUT2D eigenvalue weighted by atomic mass is 16.5. The Balaban J connectivity index is 1.82. The zero-order valence-electron chi connectivity index (χ0n) is 16.9. The molecule has 0 saturated heterocycles. The van der Waals surface area contributed by atoms with Gasteiger partial charge in [0, 0.05) is 13.1 Å². The Labute approximate surface area is 166 Å². The molecule has 0 aliphatic rings. The summed E-state index contributed by atoms with van der Waals surface area (Å²) < 4.78 is 16.1. The van der Waals surface area contributed by atoms with Crippen molar-refractivity contribution in [3.05, 3.63) is 47.9 Å². The van der Waals surface area contributed by atoms with E-state index in [1.807, 2.05) is 26.0 Å². The third-order valence-corrected chi connectivity index (χ3v) is 4.10. The van der Waals surface area contributed by atoms with Gasteiger partial charge < -0.3 is 29.6 Å². The van der Waals surface area contributed by atoms with Gasteiger partial charge in [-0.15, -0.1) is 0 Å². The maximum atomic E-state index is 10.1. The summed E-state index contributed by atoms with van der Waals surface area (Å²) in [5, 5.41) is 16.6. The van der Waals surface area contributed by atoms with E-state index in [1.165, 1.54) is 5.56 Å². The van der Waals surface area contributed by atoms with Crippen molar-refractivity contribution in [3.8, 4) is 11.5 Å². The second-order valence-corrected chi connectivity index (χ2v) is 6.20. The number of hydrogen-bond donors (Lipinski definition) is 3. The van der Waals surface area contributed by atoms with Gasteiger partial charge in [-0.05, 0) is 56.5 Å². The van der Waals surface area contributed by atoms with Crippen molar-refractivity contribution in [2.75, 3.05) is 33.4 Å². The van der Waals surface area contributed by atoms with Gasteiger partial charge in [0.25, 0.3) is 0 Å². The normalized spacial score (nSPS) is 12.5. The van der Waals surface area contributed by atoms with E-state index >= 15 is 0 Å². The van der Waals surface area contributed by atoms with Crippen LogP contribution in [-0.2, 0) is 6.42 Å². The lowest BCUT2D eigenvalue weighted by Gasteiger charge is -2.13. The third kappa shape index (κ3) is 6.81. The van der Waals surface area contributed by atoms with Crippen LogP contribution in [0.1, 0.15) is 37.7 Å². The Kier molecular flexibility index (Phi) is 9.21. The molecule has 1 atom stereocenters. The molecular weight excluding hydrogens is 358 g/mol. The van der Waals surface area contributed by atoms with Crippen molar-refractivity contribution in [1.29, 1.82) is 0 Å². The highest BCUT2D eigenvalue weighted by Crippen LogP contribution is 2.28. The predicted molar refractivity (Wildman–Crippen MR) is 110 cm³/mol. The lowest BCUT2D eigenvalue weighted by atomic mass is 10.1. The summed E-state index contributed by atoms with van der Waals surface area (Å²) in [6.45, 7) is 6.32. The Hall–Kier alpha value is -2.67. The van der Waals surface area contributed by atoms with E-state index in [0.29, 0.717) is 18.3 Å². The van der Waals surface area contributed by atoms with E-state index < -0.39 is 6.10 Å². The third-order valence-electron chi connectivity index (χ3n) is 4.10. The van der Waals surface area contributed by atoms with Gasteiger partial charge in [-0.25, -0.2) is 0 Å². The van der Waals surface area contributed by atoms with Crippen molar-refractivity contribution >= 4 is 5.96 Å². The van der Waals surface area contributed by atoms with Gasteiger partial charge in [0.15, 0.2) is 17.5 Å². The molecule has 7 heteroatoms. The average Bonchev–Trinajstić information content (AvgIpc) is 3.24. The number of rotatable bonds is 11. The van der Waals surface area contributed by atoms with Crippen LogP contribution >= 0.6 is 0 Å². The van der Waals surface area contributed by atoms with E-state index in [0.717, 1.165) is 37.4 Å². The Bertz CT molecular complexity index is 716. The summed E-state index contributed by atoms with van der Waals surface area (Å²) in [6.07, 6.45) is 2.64. The second kappa shape index (κ2) is 11.9. The van der Waals surface area contributed by atoms with Crippen molar-refractivity contribution in [2.24, 2.45) is 4.99 Å². The number of aryl methyl sites for hydroxylation is 1. The summed E-state index contributed by atoms with van der Waals surface area (Å²) in [6, 6.07) is 9.52. The largest absolute Gasteiger partial charge is 0.493 e. The fourth-order valence-electron chi connectivity index (χ4n) is 2.73. The number of aliphatic hydroxyl groups excluding tert-OH is 1. The van der Waals surface area contributed by atoms with E-state index in [2.05, 4.69) is 21.7 Å². The molecule has 1 aromatic heterocycles. The van der Waals surface area contributed by atoms with Crippen LogP contribution in [0.15, 0.2) is 46.0 Å². The number of ether oxygens (including phenoxy) is 2. The SMILES string of the molecule is CCNC(=NCC(O)c1ccco1)NCCCc1ccc(OC)c(OCC)c1. The number of aliphatic imine (C=N–C) groups is 1. The van der Waals surface area contributed by atoms with Crippen LogP contribution in [-0.4, -0.2) is 44.4 Å². The molecule has 154 valence electrons. The predicted octanol–water partition coefficient (Wildman–Crippen LogP) is 2.91. The molecule has 1 heterocycles. The van der Waals surface area contributed by atoms with E-state index in [-0.39, 0.29) is 6.54 Å². The molecule has 1 aromatic carbocycles. The Morgan fingerprint density at radius 2 is 2.07 bits per heavy atom. The summed E-state index contributed by atoms with van der Waals surface area (Å²) in [5.74, 6) is 2.72. The molecule has 0 spiro atoms. The van der Waals surface area contributed by atoms with Crippen LogP contribution < -0.4 is 20.1 Å². The van der Waals surface area contributed by atoms with Crippen molar-refractivity contribution in [1.82, 2.24) is 10.6 Å². The minimum atomic E-state index is -0.748. The molecule has 2 aromatic rings. The highest BCUT2D eigenvalue weighted by molar-refractivity contribution is 5.79. The first kappa shape index (κ1) is 21.6. The maximum Gasteiger partial charge on any atom is 0.191 e. The van der Waals surface area contributed by atoms with Crippen LogP contribution in [0.4, 0.5) is 0 Å². The molecular formula is C21H31N3O4. The van der Waals surface area contributed by atoms with Gasteiger partial charge in [-0.1, -0.05) is 6.07 Å². The summed E-state index contributed by atoms with van der Waals surface area (Å²) in [5.41, 5.74) is 1.20. The average molecular weight is 389 g/mol. The maximum absolute atomic E-state index is 10.1. The molecule has 28 heavy (non-hydrogen) atoms. The smallest absolute Gasteiger partial charge is 0.191 e. The number of nitrogens with one attached hydrogen (secondary N) is 2. The van der Waals surface area contributed by atoms with Crippen molar-refractivity contribution < 1.29 is 19.0 Å². The Morgan fingerprint density at radius 1 is 1.21 bits per heavy atom. The number of guanidine groups is 1. The Morgan fingerprint density at radius 3 is 2.75 bits per heavy atom.